The largest absolute Gasteiger partial charge is 0.321 e. The summed E-state index contributed by atoms with van der Waals surface area (Å²) in [5.41, 5.74) is 2.72. The van der Waals surface area contributed by atoms with E-state index in [1.807, 2.05) is 47.4 Å². The van der Waals surface area contributed by atoms with Gasteiger partial charge in [0.25, 0.3) is 11.8 Å². The molecule has 0 saturated heterocycles. The lowest BCUT2D eigenvalue weighted by Gasteiger charge is -2.29. The van der Waals surface area contributed by atoms with Gasteiger partial charge in [-0.15, -0.1) is 0 Å². The Kier molecular flexibility index (Phi) is 5.01. The fraction of sp³-hybridized carbons (Fsp3) is 0.208. The van der Waals surface area contributed by atoms with Crippen molar-refractivity contribution < 1.29 is 9.59 Å². The van der Waals surface area contributed by atoms with Crippen LogP contribution in [0.15, 0.2) is 76.7 Å². The maximum absolute atomic E-state index is 13.5. The number of carbonyl (C=O) groups excluding carboxylic acids is 2. The van der Waals surface area contributed by atoms with Gasteiger partial charge in [0.05, 0.1) is 11.3 Å². The van der Waals surface area contributed by atoms with Crippen LogP contribution in [-0.4, -0.2) is 22.8 Å². The maximum atomic E-state index is 13.5. The molecule has 0 spiro atoms. The van der Waals surface area contributed by atoms with Gasteiger partial charge in [-0.1, -0.05) is 42.8 Å². The Morgan fingerprint density at radius 3 is 2.60 bits per heavy atom. The Bertz CT molecular complexity index is 1110. The van der Waals surface area contributed by atoms with Crippen molar-refractivity contribution in [3.8, 4) is 0 Å². The fourth-order valence-corrected chi connectivity index (χ4v) is 5.29. The zero-order valence-corrected chi connectivity index (χ0v) is 17.2. The van der Waals surface area contributed by atoms with Crippen molar-refractivity contribution in [1.29, 1.82) is 0 Å². The SMILES string of the molecule is O=C(Nc1ccc2c(c1)Sc1ccccc1C(=O)N2C1CCCC1)c1ccccn1. The number of fused-ring (bicyclic) bond motifs is 2. The van der Waals surface area contributed by atoms with Crippen LogP contribution in [0.4, 0.5) is 11.4 Å². The number of anilines is 2. The Labute approximate surface area is 179 Å². The van der Waals surface area contributed by atoms with E-state index in [2.05, 4.69) is 10.3 Å². The minimum Gasteiger partial charge on any atom is -0.321 e. The predicted octanol–water partition coefficient (Wildman–Crippen LogP) is 5.39. The second kappa shape index (κ2) is 7.95. The van der Waals surface area contributed by atoms with E-state index in [4.69, 9.17) is 0 Å². The number of rotatable bonds is 3. The average Bonchev–Trinajstić information content (AvgIpc) is 3.27. The molecule has 2 amide bonds. The van der Waals surface area contributed by atoms with Crippen molar-refractivity contribution in [2.45, 2.75) is 41.5 Å². The highest BCUT2D eigenvalue weighted by Crippen LogP contribution is 2.44. The molecule has 0 radical (unpaired) electrons. The number of benzene rings is 2. The molecule has 2 aromatic carbocycles. The third-order valence-corrected chi connectivity index (χ3v) is 6.74. The highest BCUT2D eigenvalue weighted by atomic mass is 32.2. The summed E-state index contributed by atoms with van der Waals surface area (Å²) in [6, 6.07) is 19.0. The molecule has 1 aliphatic carbocycles. The Morgan fingerprint density at radius 2 is 1.80 bits per heavy atom. The van der Waals surface area contributed by atoms with Crippen LogP contribution in [-0.2, 0) is 0 Å². The van der Waals surface area contributed by atoms with Crippen molar-refractivity contribution in [1.82, 2.24) is 4.98 Å². The lowest BCUT2D eigenvalue weighted by atomic mass is 10.1. The first kappa shape index (κ1) is 18.9. The van der Waals surface area contributed by atoms with Crippen LogP contribution in [0.1, 0.15) is 46.5 Å². The van der Waals surface area contributed by atoms with Gasteiger partial charge in [-0.2, -0.15) is 0 Å². The van der Waals surface area contributed by atoms with Gasteiger partial charge < -0.3 is 10.2 Å². The molecule has 1 aromatic heterocycles. The van der Waals surface area contributed by atoms with Crippen LogP contribution in [0.5, 0.6) is 0 Å². The van der Waals surface area contributed by atoms with Gasteiger partial charge in [0, 0.05) is 27.7 Å². The number of nitrogens with zero attached hydrogens (tertiary/aromatic N) is 2. The van der Waals surface area contributed by atoms with E-state index < -0.39 is 0 Å². The Balaban J connectivity index is 1.53. The van der Waals surface area contributed by atoms with Crippen molar-refractivity contribution >= 4 is 35.0 Å². The molecule has 0 bridgehead atoms. The van der Waals surface area contributed by atoms with Gasteiger partial charge in [-0.3, -0.25) is 14.6 Å². The summed E-state index contributed by atoms with van der Waals surface area (Å²) < 4.78 is 0. The lowest BCUT2D eigenvalue weighted by molar-refractivity contribution is 0.0972. The molecule has 30 heavy (non-hydrogen) atoms. The monoisotopic (exact) mass is 415 g/mol. The molecule has 1 aliphatic heterocycles. The molecule has 0 atom stereocenters. The summed E-state index contributed by atoms with van der Waals surface area (Å²) in [6.07, 6.45) is 5.95. The molecular formula is C24H21N3O2S. The van der Waals surface area contributed by atoms with Crippen molar-refractivity contribution in [2.24, 2.45) is 0 Å². The summed E-state index contributed by atoms with van der Waals surface area (Å²) in [5.74, 6) is -0.188. The predicted molar refractivity (Wildman–Crippen MR) is 118 cm³/mol. The first-order chi connectivity index (χ1) is 14.7. The minimum atomic E-state index is -0.252. The highest BCUT2D eigenvalue weighted by molar-refractivity contribution is 7.99. The number of nitrogens with one attached hydrogen (secondary N) is 1. The number of hydrogen-bond donors (Lipinski definition) is 1. The molecule has 3 aromatic rings. The van der Waals surface area contributed by atoms with Gasteiger partial charge in [-0.25, -0.2) is 0 Å². The Morgan fingerprint density at radius 1 is 1.00 bits per heavy atom. The van der Waals surface area contributed by atoms with Crippen molar-refractivity contribution in [3.05, 3.63) is 78.1 Å². The van der Waals surface area contributed by atoms with E-state index in [1.54, 1.807) is 36.2 Å². The number of carbonyl (C=O) groups is 2. The van der Waals surface area contributed by atoms with Crippen molar-refractivity contribution in [3.63, 3.8) is 0 Å². The molecule has 5 nitrogen and oxygen atoms in total. The zero-order valence-electron chi connectivity index (χ0n) is 16.4. The minimum absolute atomic E-state index is 0.0639. The number of hydrogen-bond acceptors (Lipinski definition) is 4. The molecule has 1 N–H and O–H groups in total. The molecule has 0 unspecified atom stereocenters. The highest BCUT2D eigenvalue weighted by Gasteiger charge is 2.34. The first-order valence-corrected chi connectivity index (χ1v) is 11.0. The molecule has 2 heterocycles. The van der Waals surface area contributed by atoms with Gasteiger partial charge >= 0.3 is 0 Å². The van der Waals surface area contributed by atoms with Crippen LogP contribution in [0.25, 0.3) is 0 Å². The van der Waals surface area contributed by atoms with Gasteiger partial charge in [-0.05, 0) is 55.3 Å². The molecule has 6 heteroatoms. The summed E-state index contributed by atoms with van der Waals surface area (Å²) in [7, 11) is 0. The third kappa shape index (κ3) is 3.48. The van der Waals surface area contributed by atoms with Crippen LogP contribution in [0, 0.1) is 0 Å². The van der Waals surface area contributed by atoms with E-state index in [0.717, 1.165) is 46.7 Å². The number of pyridine rings is 1. The van der Waals surface area contributed by atoms with Crippen LogP contribution < -0.4 is 10.2 Å². The average molecular weight is 416 g/mol. The second-order valence-corrected chi connectivity index (χ2v) is 8.65. The standard InChI is InChI=1S/C24H21N3O2S/c28-23(19-10-5-6-14-25-19)26-16-12-13-20-22(15-16)30-21-11-4-3-9-18(21)24(29)27(20)17-7-1-2-8-17/h3-6,9-15,17H,1-2,7-8H2,(H,26,28). The van der Waals surface area contributed by atoms with E-state index in [0.29, 0.717) is 11.4 Å². The molecule has 5 rings (SSSR count). The van der Waals surface area contributed by atoms with Crippen LogP contribution in [0.2, 0.25) is 0 Å². The normalized spacial score (nSPS) is 16.0. The van der Waals surface area contributed by atoms with E-state index in [9.17, 15) is 9.59 Å². The lowest BCUT2D eigenvalue weighted by Crippen LogP contribution is -2.39. The van der Waals surface area contributed by atoms with E-state index in [-0.39, 0.29) is 17.9 Å². The number of aromatic nitrogens is 1. The molecule has 1 saturated carbocycles. The second-order valence-electron chi connectivity index (χ2n) is 7.56. The van der Waals surface area contributed by atoms with Gasteiger partial charge in [0.2, 0.25) is 0 Å². The first-order valence-electron chi connectivity index (χ1n) is 10.2. The number of amides is 2. The maximum Gasteiger partial charge on any atom is 0.274 e. The summed E-state index contributed by atoms with van der Waals surface area (Å²) in [5, 5.41) is 2.93. The quantitative estimate of drug-likeness (QED) is 0.623. The van der Waals surface area contributed by atoms with Crippen molar-refractivity contribution in [2.75, 3.05) is 10.2 Å². The summed E-state index contributed by atoms with van der Waals surface area (Å²) in [6.45, 7) is 0. The smallest absolute Gasteiger partial charge is 0.274 e. The van der Waals surface area contributed by atoms with Gasteiger partial charge in [0.1, 0.15) is 5.69 Å². The van der Waals surface area contributed by atoms with Crippen LogP contribution >= 0.6 is 11.8 Å². The fourth-order valence-electron chi connectivity index (χ4n) is 4.18. The van der Waals surface area contributed by atoms with Crippen LogP contribution in [0.3, 0.4) is 0 Å². The zero-order chi connectivity index (χ0) is 20.5. The molecule has 1 fully saturated rings. The molecular weight excluding hydrogens is 394 g/mol. The van der Waals surface area contributed by atoms with Gasteiger partial charge in [0.15, 0.2) is 0 Å². The summed E-state index contributed by atoms with van der Waals surface area (Å²) >= 11 is 1.58. The molecule has 150 valence electrons. The van der Waals surface area contributed by atoms with E-state index >= 15 is 0 Å². The topological polar surface area (TPSA) is 62.3 Å². The third-order valence-electron chi connectivity index (χ3n) is 5.62. The van der Waals surface area contributed by atoms with E-state index in [1.165, 1.54) is 0 Å². The molecule has 2 aliphatic rings. The summed E-state index contributed by atoms with van der Waals surface area (Å²) in [4.78, 5) is 34.0. The Hall–Kier alpha value is -3.12.